The first kappa shape index (κ1) is 19.7. The lowest BCUT2D eigenvalue weighted by atomic mass is 10.0. The van der Waals surface area contributed by atoms with Crippen molar-refractivity contribution in [2.75, 3.05) is 7.11 Å². The van der Waals surface area contributed by atoms with Crippen molar-refractivity contribution in [3.63, 3.8) is 0 Å². The molecule has 0 saturated carbocycles. The monoisotopic (exact) mass is 380 g/mol. The summed E-state index contributed by atoms with van der Waals surface area (Å²) in [5.41, 5.74) is 3.38. The SMILES string of the molecule is COC(=O)C(C)Oc1cc(C)c2c(c1)O/C(=C\c1ccc(C(C)C)cc1)C2=O. The van der Waals surface area contributed by atoms with Crippen LogP contribution in [0.2, 0.25) is 0 Å². The van der Waals surface area contributed by atoms with Crippen LogP contribution in [-0.2, 0) is 9.53 Å². The highest BCUT2D eigenvalue weighted by Gasteiger charge is 2.30. The molecule has 28 heavy (non-hydrogen) atoms. The fourth-order valence-corrected chi connectivity index (χ4v) is 3.09. The fraction of sp³-hybridized carbons (Fsp3) is 0.304. The summed E-state index contributed by atoms with van der Waals surface area (Å²) >= 11 is 0. The van der Waals surface area contributed by atoms with Gasteiger partial charge in [-0.3, -0.25) is 4.79 Å². The second kappa shape index (κ2) is 7.89. The molecule has 1 unspecified atom stereocenters. The van der Waals surface area contributed by atoms with Crippen LogP contribution in [0.3, 0.4) is 0 Å². The van der Waals surface area contributed by atoms with Crippen molar-refractivity contribution in [2.45, 2.75) is 39.7 Å². The van der Waals surface area contributed by atoms with Gasteiger partial charge < -0.3 is 14.2 Å². The standard InChI is InChI=1S/C23H24O5/c1-13(2)17-8-6-16(7-9-17)11-20-22(24)21-14(3)10-18(12-19(21)28-20)27-15(4)23(25)26-5/h6-13,15H,1-5H3/b20-11-. The Hall–Kier alpha value is -3.08. The number of fused-ring (bicyclic) bond motifs is 1. The van der Waals surface area contributed by atoms with E-state index in [4.69, 9.17) is 9.47 Å². The third-order valence-corrected chi connectivity index (χ3v) is 4.69. The maximum atomic E-state index is 12.8. The first-order valence-electron chi connectivity index (χ1n) is 9.23. The van der Waals surface area contributed by atoms with Crippen LogP contribution in [0.5, 0.6) is 11.5 Å². The first-order chi connectivity index (χ1) is 13.3. The molecule has 0 aliphatic carbocycles. The number of hydrogen-bond donors (Lipinski definition) is 0. The molecule has 0 radical (unpaired) electrons. The van der Waals surface area contributed by atoms with Crippen LogP contribution >= 0.6 is 0 Å². The fourth-order valence-electron chi connectivity index (χ4n) is 3.09. The lowest BCUT2D eigenvalue weighted by Crippen LogP contribution is -2.24. The van der Waals surface area contributed by atoms with Crippen LogP contribution in [0, 0.1) is 6.92 Å². The van der Waals surface area contributed by atoms with E-state index in [0.29, 0.717) is 23.0 Å². The van der Waals surface area contributed by atoms with E-state index in [1.54, 1.807) is 25.1 Å². The number of ketones is 1. The van der Waals surface area contributed by atoms with Crippen LogP contribution in [0.25, 0.3) is 6.08 Å². The Balaban J connectivity index is 1.85. The maximum absolute atomic E-state index is 12.8. The molecule has 1 aliphatic heterocycles. The van der Waals surface area contributed by atoms with Crippen molar-refractivity contribution in [3.05, 3.63) is 64.4 Å². The number of rotatable bonds is 5. The summed E-state index contributed by atoms with van der Waals surface area (Å²) in [5.74, 6) is 0.970. The highest BCUT2D eigenvalue weighted by Crippen LogP contribution is 2.37. The van der Waals surface area contributed by atoms with Gasteiger partial charge in [0.25, 0.3) is 0 Å². The zero-order chi connectivity index (χ0) is 20.4. The maximum Gasteiger partial charge on any atom is 0.346 e. The molecule has 0 aromatic heterocycles. The molecule has 0 fully saturated rings. The number of aryl methyl sites for hydroxylation is 1. The largest absolute Gasteiger partial charge is 0.479 e. The Labute approximate surface area is 164 Å². The van der Waals surface area contributed by atoms with E-state index < -0.39 is 12.1 Å². The Morgan fingerprint density at radius 3 is 2.39 bits per heavy atom. The van der Waals surface area contributed by atoms with Crippen molar-refractivity contribution >= 4 is 17.8 Å². The second-order valence-electron chi connectivity index (χ2n) is 7.16. The van der Waals surface area contributed by atoms with Crippen molar-refractivity contribution < 1.29 is 23.8 Å². The van der Waals surface area contributed by atoms with Crippen LogP contribution in [-0.4, -0.2) is 25.0 Å². The van der Waals surface area contributed by atoms with Gasteiger partial charge in [0.1, 0.15) is 11.5 Å². The Kier molecular flexibility index (Phi) is 5.54. The van der Waals surface area contributed by atoms with E-state index in [9.17, 15) is 9.59 Å². The number of ether oxygens (including phenoxy) is 3. The molecule has 1 heterocycles. The molecular weight excluding hydrogens is 356 g/mol. The number of allylic oxidation sites excluding steroid dienone is 1. The second-order valence-corrected chi connectivity index (χ2v) is 7.16. The average Bonchev–Trinajstić information content (AvgIpc) is 2.97. The molecule has 5 nitrogen and oxygen atoms in total. The summed E-state index contributed by atoms with van der Waals surface area (Å²) in [7, 11) is 1.31. The summed E-state index contributed by atoms with van der Waals surface area (Å²) < 4.78 is 16.1. The number of methoxy groups -OCH3 is 1. The smallest absolute Gasteiger partial charge is 0.346 e. The van der Waals surface area contributed by atoms with Crippen molar-refractivity contribution in [1.29, 1.82) is 0 Å². The molecule has 0 spiro atoms. The third kappa shape index (κ3) is 3.93. The average molecular weight is 380 g/mol. The van der Waals surface area contributed by atoms with Gasteiger partial charge in [0, 0.05) is 6.07 Å². The molecule has 2 aromatic carbocycles. The van der Waals surface area contributed by atoms with Gasteiger partial charge in [-0.25, -0.2) is 4.79 Å². The van der Waals surface area contributed by atoms with E-state index >= 15 is 0 Å². The number of Topliss-reactive ketones (excluding diaryl/α,β-unsaturated/α-hetero) is 1. The predicted molar refractivity (Wildman–Crippen MR) is 107 cm³/mol. The zero-order valence-electron chi connectivity index (χ0n) is 16.7. The van der Waals surface area contributed by atoms with Crippen molar-refractivity contribution in [2.24, 2.45) is 0 Å². The normalized spacial score (nSPS) is 15.4. The molecule has 0 amide bonds. The summed E-state index contributed by atoms with van der Waals surface area (Å²) in [6.45, 7) is 7.69. The number of carbonyl (C=O) groups excluding carboxylic acids is 2. The van der Waals surface area contributed by atoms with Crippen LogP contribution in [0.15, 0.2) is 42.2 Å². The summed E-state index contributed by atoms with van der Waals surface area (Å²) in [5, 5.41) is 0. The summed E-state index contributed by atoms with van der Waals surface area (Å²) in [6, 6.07) is 11.4. The summed E-state index contributed by atoms with van der Waals surface area (Å²) in [4.78, 5) is 24.3. The highest BCUT2D eigenvalue weighted by molar-refractivity contribution is 6.15. The van der Waals surface area contributed by atoms with Crippen molar-refractivity contribution in [3.8, 4) is 11.5 Å². The highest BCUT2D eigenvalue weighted by atomic mass is 16.6. The zero-order valence-corrected chi connectivity index (χ0v) is 16.7. The minimum atomic E-state index is -0.756. The van der Waals surface area contributed by atoms with E-state index in [2.05, 4.69) is 30.7 Å². The number of hydrogen-bond acceptors (Lipinski definition) is 5. The lowest BCUT2D eigenvalue weighted by Gasteiger charge is -2.13. The topological polar surface area (TPSA) is 61.8 Å². The van der Waals surface area contributed by atoms with Gasteiger partial charge in [-0.1, -0.05) is 38.1 Å². The molecule has 0 N–H and O–H groups in total. The number of carbonyl (C=O) groups is 2. The van der Waals surface area contributed by atoms with Crippen LogP contribution in [0.4, 0.5) is 0 Å². The molecule has 2 aromatic rings. The van der Waals surface area contributed by atoms with E-state index in [1.807, 2.05) is 19.1 Å². The van der Waals surface area contributed by atoms with Gasteiger partial charge in [-0.15, -0.1) is 0 Å². The van der Waals surface area contributed by atoms with Gasteiger partial charge >= 0.3 is 5.97 Å². The van der Waals surface area contributed by atoms with Crippen LogP contribution < -0.4 is 9.47 Å². The van der Waals surface area contributed by atoms with Crippen LogP contribution in [0.1, 0.15) is 53.7 Å². The van der Waals surface area contributed by atoms with Gasteiger partial charge in [0.05, 0.1) is 12.7 Å². The Morgan fingerprint density at radius 1 is 1.11 bits per heavy atom. The molecule has 3 rings (SSSR count). The third-order valence-electron chi connectivity index (χ3n) is 4.69. The minimum Gasteiger partial charge on any atom is -0.479 e. The molecule has 1 aliphatic rings. The Morgan fingerprint density at radius 2 is 1.79 bits per heavy atom. The number of esters is 1. The Bertz CT molecular complexity index is 938. The van der Waals surface area contributed by atoms with Gasteiger partial charge in [-0.05, 0) is 48.6 Å². The van der Waals surface area contributed by atoms with E-state index in [-0.39, 0.29) is 11.5 Å². The lowest BCUT2D eigenvalue weighted by molar-refractivity contribution is -0.147. The molecule has 0 saturated heterocycles. The summed E-state index contributed by atoms with van der Waals surface area (Å²) in [6.07, 6.45) is 0.984. The predicted octanol–water partition coefficient (Wildman–Crippen LogP) is 4.67. The van der Waals surface area contributed by atoms with Gasteiger partial charge in [0.15, 0.2) is 11.9 Å². The minimum absolute atomic E-state index is 0.159. The molecular formula is C23H24O5. The first-order valence-corrected chi connectivity index (χ1v) is 9.23. The van der Waals surface area contributed by atoms with E-state index in [0.717, 1.165) is 11.1 Å². The molecule has 0 bridgehead atoms. The van der Waals surface area contributed by atoms with Gasteiger partial charge in [0.2, 0.25) is 5.78 Å². The quantitative estimate of drug-likeness (QED) is 0.557. The van der Waals surface area contributed by atoms with Gasteiger partial charge in [-0.2, -0.15) is 0 Å². The number of benzene rings is 2. The molecule has 5 heteroatoms. The molecule has 1 atom stereocenters. The van der Waals surface area contributed by atoms with Crippen molar-refractivity contribution in [1.82, 2.24) is 0 Å². The van der Waals surface area contributed by atoms with E-state index in [1.165, 1.54) is 12.7 Å². The molecule has 146 valence electrons.